The molecule has 3 aromatic carbocycles. The number of halogens is 2. The van der Waals surface area contributed by atoms with Crippen LogP contribution in [0.3, 0.4) is 0 Å². The number of nitrogens with two attached hydrogens (primary N) is 2. The summed E-state index contributed by atoms with van der Waals surface area (Å²) < 4.78 is 14.5. The molecule has 4 fully saturated rings. The summed E-state index contributed by atoms with van der Waals surface area (Å²) in [6.07, 6.45) is -1.52. The van der Waals surface area contributed by atoms with Crippen molar-refractivity contribution in [2.45, 2.75) is 131 Å². The van der Waals surface area contributed by atoms with Crippen molar-refractivity contribution in [1.82, 2.24) is 71.2 Å². The second kappa shape index (κ2) is 32.9. The summed E-state index contributed by atoms with van der Waals surface area (Å²) in [6, 6.07) is 18.7. The number of likely N-dealkylation sites (tertiary alicyclic amines) is 2. The number of carbonyl (C=O) groups excluding carboxylic acids is 6. The van der Waals surface area contributed by atoms with Crippen LogP contribution in [-0.2, 0) is 28.8 Å². The van der Waals surface area contributed by atoms with Gasteiger partial charge < -0.3 is 67.7 Å². The molecule has 4 aliphatic heterocycles. The summed E-state index contributed by atoms with van der Waals surface area (Å²) in [7, 11) is 0. The Hall–Kier alpha value is -8.85. The van der Waals surface area contributed by atoms with Crippen LogP contribution in [0.15, 0.2) is 94.5 Å². The van der Waals surface area contributed by atoms with Gasteiger partial charge in [0.25, 0.3) is 0 Å². The Balaban J connectivity index is 0.000000224. The lowest BCUT2D eigenvalue weighted by atomic mass is 9.85. The third kappa shape index (κ3) is 18.9. The molecule has 0 aliphatic carbocycles. The Kier molecular flexibility index (Phi) is 24.5. The lowest BCUT2D eigenvalue weighted by Crippen LogP contribution is -2.59. The van der Waals surface area contributed by atoms with E-state index in [0.717, 1.165) is 55.1 Å². The molecule has 0 radical (unpaired) electrons. The van der Waals surface area contributed by atoms with Crippen molar-refractivity contribution in [3.05, 3.63) is 123 Å². The fourth-order valence-electron chi connectivity index (χ4n) is 13.3. The SMILES string of the molecule is Cc1ncsc1-c1ccc([C@H](C)NC(=O)[C@@H]2C[C@@H](O)CN2C(=O)[C@@H](NC(=O)CN2CCN(c3cc(-c4cc(F)ccc4O)nnc3N)CC2)C(C)(C)C)cc1.Cc1ncsc1-c1ccc([C@H](C)NC(=O)[C@@H]2C[C@@H](O)CN2C(=O)[C@@H](NC(=O)CN2CCN(c3cc(Br)nnc3N)CC2)C(C)(C)C)cc1. The average molecular weight is 1520 g/mol. The van der Waals surface area contributed by atoms with E-state index in [1.807, 2.05) is 150 Å². The quantitative estimate of drug-likeness (QED) is 0.0432. The van der Waals surface area contributed by atoms with Crippen LogP contribution < -0.4 is 42.5 Å². The van der Waals surface area contributed by atoms with Gasteiger partial charge in [0.1, 0.15) is 40.3 Å². The van der Waals surface area contributed by atoms with Gasteiger partial charge in [0.15, 0.2) is 11.6 Å². The Morgan fingerprint density at radius 2 is 0.990 bits per heavy atom. The number of nitrogens with zero attached hydrogens (tertiary/aromatic N) is 12. The maximum absolute atomic E-state index is 14.2. The number of hydrogen-bond acceptors (Lipinski definition) is 23. The van der Waals surface area contributed by atoms with E-state index >= 15 is 0 Å². The van der Waals surface area contributed by atoms with Crippen molar-refractivity contribution >= 4 is 97.1 Å². The number of thiazole rings is 2. The van der Waals surface area contributed by atoms with Gasteiger partial charge in [0.05, 0.1) is 86.6 Å². The minimum atomic E-state index is -0.956. The summed E-state index contributed by atoms with van der Waals surface area (Å²) in [5.41, 5.74) is 22.2. The number of piperazine rings is 2. The number of aliphatic hydroxyl groups excluding tert-OH is 2. The number of aromatic hydroxyl groups is 1. The average Bonchev–Trinajstić information content (AvgIpc) is 1.78. The molecule has 7 aromatic rings. The Morgan fingerprint density at radius 1 is 0.583 bits per heavy atom. The van der Waals surface area contributed by atoms with Crippen LogP contribution >= 0.6 is 38.6 Å². The van der Waals surface area contributed by atoms with Gasteiger partial charge in [-0.25, -0.2) is 14.4 Å². The number of aliphatic hydroxyl groups is 2. The predicted molar refractivity (Wildman–Crippen MR) is 398 cm³/mol. The van der Waals surface area contributed by atoms with E-state index in [2.05, 4.69) is 72.5 Å². The molecular formula is C72H92BrFN18O9S2. The van der Waals surface area contributed by atoms with E-state index in [4.69, 9.17) is 11.5 Å². The fourth-order valence-corrected chi connectivity index (χ4v) is 15.2. The largest absolute Gasteiger partial charge is 0.507 e. The first kappa shape index (κ1) is 76.8. The Morgan fingerprint density at radius 3 is 1.39 bits per heavy atom. The zero-order chi connectivity index (χ0) is 74.4. The van der Waals surface area contributed by atoms with Gasteiger partial charge in [-0.1, -0.05) is 90.1 Å². The molecule has 4 saturated heterocycles. The van der Waals surface area contributed by atoms with Crippen molar-refractivity contribution in [3.63, 3.8) is 0 Å². The van der Waals surface area contributed by atoms with Crippen molar-refractivity contribution in [2.75, 3.05) is 99.8 Å². The monoisotopic (exact) mass is 1510 g/mol. The van der Waals surface area contributed by atoms with Crippen LogP contribution in [0.1, 0.15) is 103 Å². The molecule has 6 amide bonds. The lowest BCUT2D eigenvalue weighted by molar-refractivity contribution is -0.144. The van der Waals surface area contributed by atoms with E-state index in [1.165, 1.54) is 21.9 Å². The zero-order valence-electron chi connectivity index (χ0n) is 59.6. The Bertz CT molecular complexity index is 4180. The molecule has 0 unspecified atom stereocenters. The summed E-state index contributed by atoms with van der Waals surface area (Å²) in [4.78, 5) is 104. The van der Waals surface area contributed by atoms with Gasteiger partial charge in [-0.2, -0.15) is 0 Å². The number of nitrogens with one attached hydrogen (secondary N) is 4. The summed E-state index contributed by atoms with van der Waals surface area (Å²) in [5, 5.41) is 59.4. The second-order valence-electron chi connectivity index (χ2n) is 28.9. The zero-order valence-corrected chi connectivity index (χ0v) is 62.8. The van der Waals surface area contributed by atoms with E-state index in [9.17, 15) is 48.5 Å². The number of nitrogen functional groups attached to an aromatic ring is 2. The minimum absolute atomic E-state index is 0.0156. The molecule has 4 aromatic heterocycles. The molecule has 550 valence electrons. The maximum Gasteiger partial charge on any atom is 0.246 e. The van der Waals surface area contributed by atoms with Gasteiger partial charge in [0, 0.05) is 83.9 Å². The standard InChI is InChI=1S/C39H48FN9O5S.C33H44BrN9O4S/c1-22(24-6-8-25(9-7-24)34-23(2)42-21-55-34)43-37(53)31-17-27(50)19-49(31)38(54)35(39(3,4)5)44-33(52)20-47-12-14-48(15-13-47)30-18-29(45-46-36(30)41)28-16-26(40)10-11-32(28)51;1-19(21-6-8-22(9-7-21)28-20(2)36-18-48-28)37-31(46)25-14-23(44)16-43(25)32(47)29(33(3,4)5)38-27(45)17-41-10-12-42(13-11-41)24-15-26(34)39-40-30(24)35/h6-11,16,18,21-22,27,31,35,50-51H,12-15,17,19-20H2,1-5H3,(H2,41,46)(H,43,53)(H,44,52);6-9,15,18-19,23,25,29,44H,10-14,16-17H2,1-5H3,(H2,35,40)(H,37,46)(H,38,45)/t22-,27+,31-,35+;19-,23+,25-,29+/m00/s1. The smallest absolute Gasteiger partial charge is 0.246 e. The molecule has 0 saturated carbocycles. The van der Waals surface area contributed by atoms with Crippen LogP contribution in [0.2, 0.25) is 0 Å². The number of benzene rings is 3. The van der Waals surface area contributed by atoms with E-state index in [-0.39, 0.29) is 103 Å². The number of carbonyl (C=O) groups is 6. The fraction of sp³-hybridized carbons (Fsp3) is 0.472. The summed E-state index contributed by atoms with van der Waals surface area (Å²) >= 11 is 6.49. The number of β-amino-alcohol motifs (C(OH)–C–C–N with tert-alkyl or cyclic N) is 2. The van der Waals surface area contributed by atoms with E-state index < -0.39 is 58.9 Å². The van der Waals surface area contributed by atoms with Crippen molar-refractivity contribution in [1.29, 1.82) is 0 Å². The molecule has 0 spiro atoms. The number of anilines is 4. The highest BCUT2D eigenvalue weighted by Crippen LogP contribution is 2.36. The van der Waals surface area contributed by atoms with Gasteiger partial charge in [-0.05, 0) is 107 Å². The number of amides is 6. The highest BCUT2D eigenvalue weighted by atomic mass is 79.9. The lowest BCUT2D eigenvalue weighted by Gasteiger charge is -2.38. The molecule has 8 atom stereocenters. The highest BCUT2D eigenvalue weighted by Gasteiger charge is 2.47. The van der Waals surface area contributed by atoms with E-state index in [0.29, 0.717) is 68.5 Å². The summed E-state index contributed by atoms with van der Waals surface area (Å²) in [6.45, 7) is 23.5. The number of phenols is 1. The molecule has 11 N–H and O–H groups in total. The first-order valence-corrected chi connectivity index (χ1v) is 36.9. The van der Waals surface area contributed by atoms with Crippen LogP contribution in [0.5, 0.6) is 5.75 Å². The van der Waals surface area contributed by atoms with Crippen molar-refractivity contribution in [3.8, 4) is 37.9 Å². The number of hydrogen-bond donors (Lipinski definition) is 9. The van der Waals surface area contributed by atoms with Crippen LogP contribution in [-0.4, -0.2) is 216 Å². The molecule has 4 aliphatic rings. The minimum Gasteiger partial charge on any atom is -0.507 e. The van der Waals surface area contributed by atoms with Gasteiger partial charge in [-0.3, -0.25) is 38.6 Å². The van der Waals surface area contributed by atoms with E-state index in [1.54, 1.807) is 28.7 Å². The molecule has 103 heavy (non-hydrogen) atoms. The first-order chi connectivity index (χ1) is 48.8. The topological polar surface area (TPSA) is 360 Å². The second-order valence-corrected chi connectivity index (χ2v) is 31.4. The highest BCUT2D eigenvalue weighted by molar-refractivity contribution is 9.10. The van der Waals surface area contributed by atoms with Gasteiger partial charge in [0.2, 0.25) is 35.4 Å². The van der Waals surface area contributed by atoms with Crippen molar-refractivity contribution in [2.24, 2.45) is 10.8 Å². The number of aryl methyl sites for hydroxylation is 2. The normalized spacial score (nSPS) is 19.4. The molecule has 31 heteroatoms. The van der Waals surface area contributed by atoms with Gasteiger partial charge >= 0.3 is 0 Å². The number of aromatic nitrogens is 6. The predicted octanol–water partition coefficient (Wildman–Crippen LogP) is 6.24. The maximum atomic E-state index is 14.2. The molecule has 0 bridgehead atoms. The summed E-state index contributed by atoms with van der Waals surface area (Å²) in [5.74, 6) is -2.29. The number of rotatable bonds is 19. The third-order valence-electron chi connectivity index (χ3n) is 19.1. The molecule has 27 nitrogen and oxygen atoms in total. The Labute approximate surface area is 615 Å². The van der Waals surface area contributed by atoms with Crippen LogP contribution in [0.25, 0.3) is 32.1 Å². The van der Waals surface area contributed by atoms with Crippen LogP contribution in [0.4, 0.5) is 27.4 Å². The molecule has 11 rings (SSSR count). The number of phenolic OH excluding ortho intramolecular Hbond substituents is 1. The third-order valence-corrected chi connectivity index (χ3v) is 21.4. The molecule has 8 heterocycles. The van der Waals surface area contributed by atoms with Crippen molar-refractivity contribution < 1.29 is 48.5 Å². The first-order valence-electron chi connectivity index (χ1n) is 34.3. The van der Waals surface area contributed by atoms with Gasteiger partial charge in [-0.15, -0.1) is 43.1 Å². The van der Waals surface area contributed by atoms with Crippen LogP contribution in [0, 0.1) is 30.5 Å². The molecular weight excluding hydrogens is 1420 g/mol.